The summed E-state index contributed by atoms with van der Waals surface area (Å²) in [7, 11) is 0. The predicted octanol–water partition coefficient (Wildman–Crippen LogP) is 2.96. The molecule has 0 saturated heterocycles. The fraction of sp³-hybridized carbons (Fsp3) is 0.231. The summed E-state index contributed by atoms with van der Waals surface area (Å²) in [6, 6.07) is 7.14. The van der Waals surface area contributed by atoms with Crippen molar-refractivity contribution in [3.63, 3.8) is 0 Å². The molecule has 1 N–H and O–H groups in total. The van der Waals surface area contributed by atoms with Crippen molar-refractivity contribution in [3.05, 3.63) is 46.4 Å². The maximum absolute atomic E-state index is 11.2. The first-order chi connectivity index (χ1) is 8.29. The molecule has 0 amide bonds. The van der Waals surface area contributed by atoms with Crippen LogP contribution in [0.4, 0.5) is 0 Å². The van der Waals surface area contributed by atoms with Gasteiger partial charge in [0.15, 0.2) is 0 Å². The molecule has 88 valence electrons. The van der Waals surface area contributed by atoms with Crippen LogP contribution in [-0.4, -0.2) is 15.8 Å². The van der Waals surface area contributed by atoms with Crippen molar-refractivity contribution in [1.82, 2.24) is 9.97 Å². The van der Waals surface area contributed by atoms with Crippen LogP contribution in [0.1, 0.15) is 18.5 Å². The number of H-pyrrole nitrogens is 1. The maximum atomic E-state index is 11.2. The van der Waals surface area contributed by atoms with E-state index in [-0.39, 0.29) is 5.56 Å². The minimum Gasteiger partial charge on any atom is -0.307 e. The molecule has 2 heterocycles. The Morgan fingerprint density at radius 1 is 1.29 bits per heavy atom. The van der Waals surface area contributed by atoms with Crippen LogP contribution in [0.25, 0.3) is 17.1 Å². The van der Waals surface area contributed by atoms with Gasteiger partial charge in [-0.1, -0.05) is 6.08 Å². The molecule has 0 spiro atoms. The molecule has 0 aliphatic rings. The summed E-state index contributed by atoms with van der Waals surface area (Å²) >= 11 is 5.59. The second-order valence-electron chi connectivity index (χ2n) is 3.73. The number of aromatic amines is 1. The molecule has 0 aliphatic heterocycles. The lowest BCUT2D eigenvalue weighted by molar-refractivity contribution is 0.970. The Bertz CT molecular complexity index is 589. The third-order valence-corrected chi connectivity index (χ3v) is 2.66. The Labute approximate surface area is 104 Å². The molecular formula is C13H13ClN2O. The Morgan fingerprint density at radius 3 is 2.94 bits per heavy atom. The van der Waals surface area contributed by atoms with E-state index in [1.165, 1.54) is 6.07 Å². The number of hydrogen-bond acceptors (Lipinski definition) is 2. The molecule has 4 heteroatoms. The van der Waals surface area contributed by atoms with E-state index in [0.717, 1.165) is 23.9 Å². The van der Waals surface area contributed by atoms with E-state index < -0.39 is 0 Å². The summed E-state index contributed by atoms with van der Waals surface area (Å²) in [5, 5.41) is 0.933. The molecule has 0 fully saturated rings. The highest BCUT2D eigenvalue weighted by Crippen LogP contribution is 2.09. The van der Waals surface area contributed by atoms with Crippen LogP contribution in [0, 0.1) is 0 Å². The highest BCUT2D eigenvalue weighted by molar-refractivity contribution is 6.17. The number of nitrogens with one attached hydrogen (secondary N) is 1. The van der Waals surface area contributed by atoms with Crippen molar-refractivity contribution in [3.8, 4) is 0 Å². The van der Waals surface area contributed by atoms with Crippen LogP contribution in [0.3, 0.4) is 0 Å². The third-order valence-electron chi connectivity index (χ3n) is 2.40. The number of aromatic nitrogens is 2. The standard InChI is InChI=1S/C13H13ClN2O/c14-9-3-1-2-4-11-7-5-10-6-8-12(17)16-13(10)15-11/h2,4-8H,1,3,9H2,(H,15,16,17). The van der Waals surface area contributed by atoms with Gasteiger partial charge in [-0.05, 0) is 37.1 Å². The average Bonchev–Trinajstić information content (AvgIpc) is 2.34. The quantitative estimate of drug-likeness (QED) is 0.668. The SMILES string of the molecule is O=c1ccc2ccc(C=CCCCCl)nc2[nH]1. The molecule has 0 aromatic carbocycles. The van der Waals surface area contributed by atoms with Gasteiger partial charge in [0.25, 0.3) is 0 Å². The number of fused-ring (bicyclic) bond motifs is 1. The number of pyridine rings is 2. The molecule has 17 heavy (non-hydrogen) atoms. The van der Waals surface area contributed by atoms with Crippen molar-refractivity contribution in [1.29, 1.82) is 0 Å². The summed E-state index contributed by atoms with van der Waals surface area (Å²) in [5.74, 6) is 0.669. The molecule has 0 saturated carbocycles. The minimum absolute atomic E-state index is 0.131. The van der Waals surface area contributed by atoms with Gasteiger partial charge in [0.05, 0.1) is 5.69 Å². The molecule has 3 nitrogen and oxygen atoms in total. The summed E-state index contributed by atoms with van der Waals surface area (Å²) in [6.45, 7) is 0. The predicted molar refractivity (Wildman–Crippen MR) is 71.4 cm³/mol. The summed E-state index contributed by atoms with van der Waals surface area (Å²) in [5.41, 5.74) is 1.33. The van der Waals surface area contributed by atoms with Crippen molar-refractivity contribution >= 4 is 28.7 Å². The molecule has 2 aromatic heterocycles. The normalized spacial score (nSPS) is 11.4. The fourth-order valence-corrected chi connectivity index (χ4v) is 1.69. The topological polar surface area (TPSA) is 45.8 Å². The van der Waals surface area contributed by atoms with Gasteiger partial charge in [0.2, 0.25) is 5.56 Å². The van der Waals surface area contributed by atoms with Gasteiger partial charge >= 0.3 is 0 Å². The number of hydrogen-bond donors (Lipinski definition) is 1. The minimum atomic E-state index is -0.131. The van der Waals surface area contributed by atoms with Gasteiger partial charge in [-0.15, -0.1) is 11.6 Å². The maximum Gasteiger partial charge on any atom is 0.249 e. The Kier molecular flexibility index (Phi) is 3.94. The molecule has 0 aliphatic carbocycles. The van der Waals surface area contributed by atoms with Crippen LogP contribution in [-0.2, 0) is 0 Å². The molecular weight excluding hydrogens is 236 g/mol. The van der Waals surface area contributed by atoms with Gasteiger partial charge in [0.1, 0.15) is 5.65 Å². The zero-order chi connectivity index (χ0) is 12.1. The van der Waals surface area contributed by atoms with Crippen LogP contribution in [0.2, 0.25) is 0 Å². The van der Waals surface area contributed by atoms with Crippen LogP contribution in [0.15, 0.2) is 35.1 Å². The van der Waals surface area contributed by atoms with E-state index in [2.05, 4.69) is 9.97 Å². The van der Waals surface area contributed by atoms with Gasteiger partial charge in [-0.3, -0.25) is 4.79 Å². The summed E-state index contributed by atoms with van der Waals surface area (Å²) < 4.78 is 0. The molecule has 0 unspecified atom stereocenters. The highest BCUT2D eigenvalue weighted by Gasteiger charge is 1.96. The first kappa shape index (κ1) is 11.9. The first-order valence-electron chi connectivity index (χ1n) is 5.52. The number of alkyl halides is 1. The van der Waals surface area contributed by atoms with E-state index in [0.29, 0.717) is 11.5 Å². The van der Waals surface area contributed by atoms with E-state index in [1.54, 1.807) is 6.07 Å². The van der Waals surface area contributed by atoms with E-state index in [1.807, 2.05) is 24.3 Å². The molecule has 0 radical (unpaired) electrons. The number of allylic oxidation sites excluding steroid dienone is 1. The average molecular weight is 249 g/mol. The lowest BCUT2D eigenvalue weighted by atomic mass is 10.2. The second-order valence-corrected chi connectivity index (χ2v) is 4.11. The monoisotopic (exact) mass is 248 g/mol. The van der Waals surface area contributed by atoms with Crippen LogP contribution < -0.4 is 5.56 Å². The number of halogens is 1. The summed E-state index contributed by atoms with van der Waals surface area (Å²) in [4.78, 5) is 18.2. The number of unbranched alkanes of at least 4 members (excludes halogenated alkanes) is 1. The molecule has 2 aromatic rings. The van der Waals surface area contributed by atoms with Gasteiger partial charge < -0.3 is 4.98 Å². The van der Waals surface area contributed by atoms with Crippen LogP contribution in [0.5, 0.6) is 0 Å². The Hall–Kier alpha value is -1.61. The van der Waals surface area contributed by atoms with E-state index >= 15 is 0 Å². The van der Waals surface area contributed by atoms with Crippen molar-refractivity contribution in [2.75, 3.05) is 5.88 Å². The van der Waals surface area contributed by atoms with Crippen molar-refractivity contribution in [2.45, 2.75) is 12.8 Å². The van der Waals surface area contributed by atoms with Gasteiger partial charge in [-0.25, -0.2) is 4.98 Å². The van der Waals surface area contributed by atoms with Gasteiger partial charge in [0, 0.05) is 17.3 Å². The largest absolute Gasteiger partial charge is 0.307 e. The number of rotatable bonds is 4. The lowest BCUT2D eigenvalue weighted by Gasteiger charge is -1.98. The lowest BCUT2D eigenvalue weighted by Crippen LogP contribution is -2.03. The highest BCUT2D eigenvalue weighted by atomic mass is 35.5. The van der Waals surface area contributed by atoms with Gasteiger partial charge in [-0.2, -0.15) is 0 Å². The Morgan fingerprint density at radius 2 is 2.12 bits per heavy atom. The smallest absolute Gasteiger partial charge is 0.249 e. The zero-order valence-corrected chi connectivity index (χ0v) is 10.1. The Balaban J connectivity index is 2.24. The zero-order valence-electron chi connectivity index (χ0n) is 9.32. The van der Waals surface area contributed by atoms with E-state index in [4.69, 9.17) is 11.6 Å². The molecule has 0 bridgehead atoms. The fourth-order valence-electron chi connectivity index (χ4n) is 1.54. The van der Waals surface area contributed by atoms with Crippen molar-refractivity contribution in [2.24, 2.45) is 0 Å². The number of nitrogens with zero attached hydrogens (tertiary/aromatic N) is 1. The van der Waals surface area contributed by atoms with Crippen molar-refractivity contribution < 1.29 is 0 Å². The first-order valence-corrected chi connectivity index (χ1v) is 6.05. The third kappa shape index (κ3) is 3.17. The summed E-state index contributed by atoms with van der Waals surface area (Å²) in [6.07, 6.45) is 5.88. The van der Waals surface area contributed by atoms with Crippen LogP contribution >= 0.6 is 11.6 Å². The molecule has 2 rings (SSSR count). The van der Waals surface area contributed by atoms with E-state index in [9.17, 15) is 4.79 Å². The second kappa shape index (κ2) is 5.64. The molecule has 0 atom stereocenters.